The van der Waals surface area contributed by atoms with Crippen molar-refractivity contribution in [2.24, 2.45) is 0 Å². The molecule has 2 aromatic rings. The third-order valence-corrected chi connectivity index (χ3v) is 17.2. The normalized spacial score (nSPS) is 16.1. The fourth-order valence-electron chi connectivity index (χ4n) is 8.13. The molecule has 0 radical (unpaired) electrons. The Bertz CT molecular complexity index is 3430. The minimum Gasteiger partial charge on any atom is -0.342 e. The minimum absolute atomic E-state index is 0.0460. The molecule has 0 aromatic heterocycles. The first kappa shape index (κ1) is 73.4. The zero-order valence-corrected chi connectivity index (χ0v) is 50.3. The average Bonchev–Trinajstić information content (AvgIpc) is 3.71. The van der Waals surface area contributed by atoms with Crippen molar-refractivity contribution in [1.82, 2.24) is 21.3 Å². The van der Waals surface area contributed by atoms with E-state index in [1.165, 1.54) is 30.4 Å². The molecular formula is C46H67N5NiO24S6-2. The molecule has 0 fully saturated rings. The number of aliphatic carboxylic acids is 1. The number of hydrogen-bond donors (Lipinski definition) is 12. The number of benzene rings is 2. The van der Waals surface area contributed by atoms with Crippen LogP contribution >= 0.6 is 0 Å². The van der Waals surface area contributed by atoms with E-state index in [0.29, 0.717) is 24.1 Å². The van der Waals surface area contributed by atoms with E-state index in [2.05, 4.69) is 34.3 Å². The van der Waals surface area contributed by atoms with Gasteiger partial charge in [-0.05, 0) is 0 Å². The van der Waals surface area contributed by atoms with Crippen LogP contribution < -0.4 is 26.2 Å². The molecule has 0 saturated heterocycles. The fraction of sp³-hybridized carbons (Fsp3) is 0.522. The summed E-state index contributed by atoms with van der Waals surface area (Å²) in [7, 11) is -26.4. The Balaban J connectivity index is 0.00000307. The van der Waals surface area contributed by atoms with Crippen molar-refractivity contribution in [3.05, 3.63) is 94.6 Å². The number of allylic oxidation sites excluding steroid dienone is 4. The van der Waals surface area contributed by atoms with Gasteiger partial charge >= 0.3 is 384 Å². The van der Waals surface area contributed by atoms with Crippen molar-refractivity contribution in [2.45, 2.75) is 82.8 Å². The average molecular weight is 1330 g/mol. The summed E-state index contributed by atoms with van der Waals surface area (Å²) in [5, 5.41) is 30.6. The predicted octanol–water partition coefficient (Wildman–Crippen LogP) is 0.434. The third-order valence-electron chi connectivity index (χ3n) is 11.9. The molecule has 1 aliphatic rings. The summed E-state index contributed by atoms with van der Waals surface area (Å²) in [4.78, 5) is 53.3. The molecule has 1 heterocycles. The minimum atomic E-state index is -4.56. The van der Waals surface area contributed by atoms with Gasteiger partial charge < -0.3 is 12.0 Å². The van der Waals surface area contributed by atoms with Crippen molar-refractivity contribution in [2.75, 3.05) is 72.1 Å². The quantitative estimate of drug-likeness (QED) is 0.0152. The summed E-state index contributed by atoms with van der Waals surface area (Å²) in [6.45, 7) is 5.70. The van der Waals surface area contributed by atoms with Crippen LogP contribution in [-0.2, 0) is 91.4 Å². The van der Waals surface area contributed by atoms with E-state index in [9.17, 15) is 98.1 Å². The van der Waals surface area contributed by atoms with Gasteiger partial charge in [0.2, 0.25) is 0 Å². The largest absolute Gasteiger partial charge is 0.342 e. The molecule has 0 spiro atoms. The molecule has 0 bridgehead atoms. The van der Waals surface area contributed by atoms with Gasteiger partial charge in [-0.3, -0.25) is 18.5 Å². The summed E-state index contributed by atoms with van der Waals surface area (Å²) in [6.07, 6.45) is 3.56. The summed E-state index contributed by atoms with van der Waals surface area (Å²) in [6, 6.07) is 7.71. The molecule has 1 aliphatic heterocycles. The second-order valence-corrected chi connectivity index (χ2v) is 28.9. The zero-order valence-electron chi connectivity index (χ0n) is 44.4. The van der Waals surface area contributed by atoms with Gasteiger partial charge in [-0.2, -0.15) is 31.7 Å². The molecule has 0 saturated carbocycles. The Labute approximate surface area is 484 Å². The number of carbonyl (C=O) groups is 4. The standard InChI is InChI=1S/C43H60N5O21S5.C3H7O3S.Ni/c1-42(2,33-13-12-29(38(51)44-16-22-71(58,59)60)26-31(33)40(53)46-18-24-73(64,65)66)14-8-6-10-35-43(3,15-7-4-5-11-36(49)50)37-32(41(54)47-19-25-74(67,68)69)27-30(39(52)45-17-23-72(61,62)63)28-34(37)48(35)20-9-21-70(55,56)57;1-2-3-7(4,5)6;/h6,8,10,12,26-28,41,47,54H,4-5,7,9,11,15-25H2,1-3H3,(H,44,51)(H,45,52)(H,46,53)(H,49,50)(H,55,56,57)(H,58,59,60)(H,61,62,63)(H,64,65,66)(H,67,68,69);1-3H2,(H,4,5,6);/q2*-1;/b8-6+,35-10+;;. The summed E-state index contributed by atoms with van der Waals surface area (Å²) < 4.78 is 190. The summed E-state index contributed by atoms with van der Waals surface area (Å²) in [5.74, 6) is -8.27. The Morgan fingerprint density at radius 2 is 1.17 bits per heavy atom. The summed E-state index contributed by atoms with van der Waals surface area (Å²) in [5.41, 5.74) is -2.49. The second kappa shape index (κ2) is 30.9. The molecule has 3 amide bonds. The van der Waals surface area contributed by atoms with E-state index < -0.39 is 156 Å². The summed E-state index contributed by atoms with van der Waals surface area (Å²) >= 11 is 5.46. The molecule has 2 atom stereocenters. The van der Waals surface area contributed by atoms with E-state index in [0.717, 1.165) is 6.07 Å². The van der Waals surface area contributed by atoms with Gasteiger partial charge in [0.25, 0.3) is 30.4 Å². The topological polar surface area (TPSA) is 486 Å². The number of nitrogens with one attached hydrogen (secondary N) is 4. The van der Waals surface area contributed by atoms with Crippen molar-refractivity contribution < 1.29 is 122 Å². The smallest absolute Gasteiger partial charge is 0.262 e. The molecule has 3 rings (SSSR count). The Morgan fingerprint density at radius 1 is 0.683 bits per heavy atom. The number of carbonyl (C=O) groups excluding carboxylic acids is 3. The van der Waals surface area contributed by atoms with Crippen LogP contribution in [0.3, 0.4) is 0 Å². The maximum absolute atomic E-state index is 13.7. The monoisotopic (exact) mass is 1320 g/mol. The first-order chi connectivity index (χ1) is 37.4. The molecule has 12 N–H and O–H groups in total. The van der Waals surface area contributed by atoms with Crippen molar-refractivity contribution in [1.29, 1.82) is 0 Å². The first-order valence-electron chi connectivity index (χ1n) is 24.3. The van der Waals surface area contributed by atoms with Crippen LogP contribution in [0.15, 0.2) is 48.2 Å². The molecule has 468 valence electrons. The molecule has 36 heteroatoms. The second-order valence-electron chi connectivity index (χ2n) is 19.0. The van der Waals surface area contributed by atoms with Gasteiger partial charge in [0, 0.05) is 5.75 Å². The van der Waals surface area contributed by atoms with Crippen LogP contribution in [0.1, 0.15) is 120 Å². The maximum Gasteiger partial charge on any atom is 0.262 e. The van der Waals surface area contributed by atoms with Crippen LogP contribution in [0.25, 0.3) is 0 Å². The van der Waals surface area contributed by atoms with Crippen molar-refractivity contribution in [3.63, 3.8) is 0 Å². The van der Waals surface area contributed by atoms with E-state index in [1.54, 1.807) is 31.7 Å². The number of nitrogens with zero attached hydrogens (tertiary/aromatic N) is 1. The van der Waals surface area contributed by atoms with Gasteiger partial charge in [-0.1, -0.05) is 0 Å². The fourth-order valence-corrected chi connectivity index (χ4v) is 10.7. The number of amides is 3. The number of rotatable bonds is 33. The zero-order chi connectivity index (χ0) is 62.9. The number of unbranched alkanes of at least 4 members (excludes halogenated alkanes) is 2. The van der Waals surface area contributed by atoms with Gasteiger partial charge in [0.15, 0.2) is 0 Å². The third kappa shape index (κ3) is 26.1. The predicted molar refractivity (Wildman–Crippen MR) is 295 cm³/mol. The first-order valence-corrected chi connectivity index (χ1v) is 34.4. The Morgan fingerprint density at radius 3 is 1.65 bits per heavy atom. The van der Waals surface area contributed by atoms with Gasteiger partial charge in [-0.25, -0.2) is 0 Å². The number of hydrogen-bond acceptors (Lipinski definition) is 19. The van der Waals surface area contributed by atoms with Crippen molar-refractivity contribution in [3.8, 4) is 0 Å². The van der Waals surface area contributed by atoms with E-state index in [4.69, 9.17) is 24.1 Å². The van der Waals surface area contributed by atoms with E-state index in [-0.39, 0.29) is 82.4 Å². The van der Waals surface area contributed by atoms with Crippen LogP contribution in [0.4, 0.5) is 5.69 Å². The maximum atomic E-state index is 13.7. The van der Waals surface area contributed by atoms with E-state index >= 15 is 0 Å². The molecule has 2 unspecified atom stereocenters. The molecule has 29 nitrogen and oxygen atoms in total. The molecular weight excluding hydrogens is 1260 g/mol. The van der Waals surface area contributed by atoms with Gasteiger partial charge in [-0.15, -0.1) is 0 Å². The van der Waals surface area contributed by atoms with Crippen LogP contribution in [0.5, 0.6) is 0 Å². The molecule has 0 aliphatic carbocycles. The number of aliphatic hydroxyl groups excluding tert-OH is 1. The number of carboxylic acid groups (broad SMARTS) is 1. The number of fused-ring (bicyclic) bond motifs is 1. The van der Waals surface area contributed by atoms with Crippen LogP contribution in [0, 0.1) is 13.0 Å². The number of aliphatic hydroxyl groups is 1. The SMILES string of the molecule is CC(C)([C](=[Ni])/C=C/C=C1/N(CCCS(=O)(=O)O)c2cc(C(=O)NCCS(=O)(=O)O)cc(C(O)NCCS(=O)(=O)O)c2C1(C)CCCCCC(=O)O)c1[c-]cc(C(=O)NCCS(=O)(=O)O)cc1C(=O)NCCS(=O)(=O)O.[CH2-]CCS(=O)(=O)O. The Hall–Kier alpha value is -4.66. The Kier molecular flexibility index (Phi) is 27.7. The van der Waals surface area contributed by atoms with E-state index in [1.807, 2.05) is 0 Å². The van der Waals surface area contributed by atoms with Gasteiger partial charge in [0.05, 0.1) is 5.75 Å². The van der Waals surface area contributed by atoms with Crippen LogP contribution in [0.2, 0.25) is 0 Å². The van der Waals surface area contributed by atoms with Gasteiger partial charge in [0.1, 0.15) is 0 Å². The van der Waals surface area contributed by atoms with Crippen molar-refractivity contribution >= 4 is 94.6 Å². The number of anilines is 1. The van der Waals surface area contributed by atoms with Crippen LogP contribution in [-0.4, -0.2) is 183 Å². The molecule has 2 aromatic carbocycles. The number of carboxylic acids is 1. The molecule has 82 heavy (non-hydrogen) atoms.